The molecule has 0 aromatic heterocycles. The van der Waals surface area contributed by atoms with Crippen molar-refractivity contribution in [2.45, 2.75) is 13.3 Å². The lowest BCUT2D eigenvalue weighted by Crippen LogP contribution is -2.21. The first-order valence-electron chi connectivity index (χ1n) is 4.16. The molecule has 0 fully saturated rings. The van der Waals surface area contributed by atoms with Gasteiger partial charge in [0.05, 0.1) is 12.1 Å². The molecule has 0 N–H and O–H groups in total. The number of carbonyl (C=O) groups is 1. The summed E-state index contributed by atoms with van der Waals surface area (Å²) in [4.78, 5) is 13.1. The molecule has 1 amide bonds. The molecule has 68 valence electrons. The fourth-order valence-corrected chi connectivity index (χ4v) is 2.07. The smallest absolute Gasteiger partial charge is 0.231 e. The highest BCUT2D eigenvalue weighted by Crippen LogP contribution is 2.34. The summed E-state index contributed by atoms with van der Waals surface area (Å²) in [7, 11) is 1.83. The summed E-state index contributed by atoms with van der Waals surface area (Å²) >= 11 is 3.46. The Morgan fingerprint density at radius 1 is 1.46 bits per heavy atom. The first kappa shape index (κ1) is 8.75. The lowest BCUT2D eigenvalue weighted by molar-refractivity contribution is -0.117. The molecule has 1 heterocycles. The van der Waals surface area contributed by atoms with E-state index in [0.717, 1.165) is 21.3 Å². The van der Waals surface area contributed by atoms with Crippen LogP contribution >= 0.6 is 15.9 Å². The van der Waals surface area contributed by atoms with Crippen molar-refractivity contribution >= 4 is 27.5 Å². The minimum atomic E-state index is 0.177. The predicted octanol–water partition coefficient (Wildman–Crippen LogP) is 2.28. The van der Waals surface area contributed by atoms with Crippen molar-refractivity contribution in [2.24, 2.45) is 0 Å². The van der Waals surface area contributed by atoms with Gasteiger partial charge in [0.2, 0.25) is 5.91 Å². The first-order valence-corrected chi connectivity index (χ1v) is 4.95. The second-order valence-electron chi connectivity index (χ2n) is 3.31. The van der Waals surface area contributed by atoms with E-state index in [9.17, 15) is 4.79 Å². The van der Waals surface area contributed by atoms with E-state index in [-0.39, 0.29) is 5.91 Å². The predicted molar refractivity (Wildman–Crippen MR) is 56.0 cm³/mol. The summed E-state index contributed by atoms with van der Waals surface area (Å²) < 4.78 is 1.06. The van der Waals surface area contributed by atoms with Crippen LogP contribution in [0.2, 0.25) is 0 Å². The maximum atomic E-state index is 11.4. The highest BCUT2D eigenvalue weighted by atomic mass is 79.9. The zero-order chi connectivity index (χ0) is 9.59. The minimum absolute atomic E-state index is 0.177. The van der Waals surface area contributed by atoms with Gasteiger partial charge in [-0.15, -0.1) is 0 Å². The molecular weight excluding hydrogens is 230 g/mol. The van der Waals surface area contributed by atoms with Crippen molar-refractivity contribution in [1.82, 2.24) is 0 Å². The molecule has 0 bridgehead atoms. The van der Waals surface area contributed by atoms with E-state index in [0.29, 0.717) is 6.42 Å². The van der Waals surface area contributed by atoms with Crippen LogP contribution in [0.5, 0.6) is 0 Å². The Balaban J connectivity index is 2.66. The van der Waals surface area contributed by atoms with Gasteiger partial charge in [-0.25, -0.2) is 0 Å². The third kappa shape index (κ3) is 1.18. The molecule has 0 unspecified atom stereocenters. The number of benzene rings is 1. The number of carbonyl (C=O) groups excluding carboxylic acids is 1. The molecule has 1 aliphatic rings. The molecule has 3 heteroatoms. The number of fused-ring (bicyclic) bond motifs is 1. The third-order valence-corrected chi connectivity index (χ3v) is 3.36. The van der Waals surface area contributed by atoms with Gasteiger partial charge < -0.3 is 4.90 Å². The number of likely N-dealkylation sites (N-methyl/N-ethyl adjacent to an activating group) is 1. The number of nitrogens with zero attached hydrogens (tertiary/aromatic N) is 1. The number of anilines is 1. The Morgan fingerprint density at radius 2 is 2.15 bits per heavy atom. The summed E-state index contributed by atoms with van der Waals surface area (Å²) in [5.41, 5.74) is 3.35. The number of rotatable bonds is 0. The van der Waals surface area contributed by atoms with Crippen LogP contribution in [0, 0.1) is 6.92 Å². The second kappa shape index (κ2) is 2.84. The maximum Gasteiger partial charge on any atom is 0.231 e. The van der Waals surface area contributed by atoms with Gasteiger partial charge in [-0.2, -0.15) is 0 Å². The fraction of sp³-hybridized carbons (Fsp3) is 0.300. The molecule has 2 rings (SSSR count). The second-order valence-corrected chi connectivity index (χ2v) is 4.16. The van der Waals surface area contributed by atoms with Crippen LogP contribution < -0.4 is 4.90 Å². The largest absolute Gasteiger partial charge is 0.315 e. The van der Waals surface area contributed by atoms with Crippen molar-refractivity contribution in [3.8, 4) is 0 Å². The van der Waals surface area contributed by atoms with Gasteiger partial charge in [0.15, 0.2) is 0 Å². The lowest BCUT2D eigenvalue weighted by Gasteiger charge is -2.13. The third-order valence-electron chi connectivity index (χ3n) is 2.50. The van der Waals surface area contributed by atoms with E-state index in [1.54, 1.807) is 4.90 Å². The summed E-state index contributed by atoms with van der Waals surface area (Å²) in [6.45, 7) is 2.03. The van der Waals surface area contributed by atoms with Crippen molar-refractivity contribution in [1.29, 1.82) is 0 Å². The number of amides is 1. The molecular formula is C10H10BrNO. The quantitative estimate of drug-likeness (QED) is 0.681. The number of hydrogen-bond donors (Lipinski definition) is 0. The van der Waals surface area contributed by atoms with Crippen molar-refractivity contribution in [2.75, 3.05) is 11.9 Å². The van der Waals surface area contributed by atoms with E-state index < -0.39 is 0 Å². The molecule has 0 saturated heterocycles. The molecule has 0 radical (unpaired) electrons. The average molecular weight is 240 g/mol. The summed E-state index contributed by atoms with van der Waals surface area (Å²) in [5, 5.41) is 0. The topological polar surface area (TPSA) is 20.3 Å². The van der Waals surface area contributed by atoms with Crippen LogP contribution in [0.1, 0.15) is 11.1 Å². The Bertz CT molecular complexity index is 387. The highest BCUT2D eigenvalue weighted by Gasteiger charge is 2.25. The molecule has 1 aliphatic heterocycles. The molecule has 2 nitrogen and oxygen atoms in total. The average Bonchev–Trinajstić information content (AvgIpc) is 2.37. The maximum absolute atomic E-state index is 11.4. The zero-order valence-corrected chi connectivity index (χ0v) is 9.18. The Kier molecular flexibility index (Phi) is 1.91. The lowest BCUT2D eigenvalue weighted by atomic mass is 10.1. The van der Waals surface area contributed by atoms with Crippen molar-refractivity contribution in [3.63, 3.8) is 0 Å². The van der Waals surface area contributed by atoms with Crippen molar-refractivity contribution in [3.05, 3.63) is 27.7 Å². The standard InChI is InChI=1S/C10H10BrNO/c1-6-8(11)4-3-7-5-9(13)12(2)10(6)7/h3-4H,5H2,1-2H3. The normalized spacial score (nSPS) is 15.0. The van der Waals surface area contributed by atoms with Crippen LogP contribution in [0.3, 0.4) is 0 Å². The Hall–Kier alpha value is -0.830. The molecule has 1 aromatic carbocycles. The van der Waals surface area contributed by atoms with E-state index in [2.05, 4.69) is 15.9 Å². The van der Waals surface area contributed by atoms with Crippen LogP contribution in [0.15, 0.2) is 16.6 Å². The van der Waals surface area contributed by atoms with Gasteiger partial charge in [0.1, 0.15) is 0 Å². The van der Waals surface area contributed by atoms with E-state index in [1.165, 1.54) is 0 Å². The monoisotopic (exact) mass is 239 g/mol. The highest BCUT2D eigenvalue weighted by molar-refractivity contribution is 9.10. The number of halogens is 1. The van der Waals surface area contributed by atoms with E-state index in [1.807, 2.05) is 26.1 Å². The molecule has 0 atom stereocenters. The van der Waals surface area contributed by atoms with E-state index >= 15 is 0 Å². The number of hydrogen-bond acceptors (Lipinski definition) is 1. The molecule has 13 heavy (non-hydrogen) atoms. The van der Waals surface area contributed by atoms with Gasteiger partial charge in [-0.3, -0.25) is 4.79 Å². The van der Waals surface area contributed by atoms with Crippen LogP contribution in [-0.4, -0.2) is 13.0 Å². The van der Waals surface area contributed by atoms with Gasteiger partial charge in [-0.1, -0.05) is 22.0 Å². The molecule has 0 spiro atoms. The zero-order valence-electron chi connectivity index (χ0n) is 7.60. The van der Waals surface area contributed by atoms with Gasteiger partial charge in [0.25, 0.3) is 0 Å². The molecule has 1 aromatic rings. The minimum Gasteiger partial charge on any atom is -0.315 e. The molecule has 0 saturated carbocycles. The van der Waals surface area contributed by atoms with E-state index in [4.69, 9.17) is 0 Å². The van der Waals surface area contributed by atoms with Crippen LogP contribution in [0.4, 0.5) is 5.69 Å². The SMILES string of the molecule is Cc1c(Br)ccc2c1N(C)C(=O)C2. The first-order chi connectivity index (χ1) is 6.11. The van der Waals surface area contributed by atoms with Crippen molar-refractivity contribution < 1.29 is 4.79 Å². The van der Waals surface area contributed by atoms with Crippen LogP contribution in [-0.2, 0) is 11.2 Å². The fourth-order valence-electron chi connectivity index (χ4n) is 1.75. The summed E-state index contributed by atoms with van der Waals surface area (Å²) in [6, 6.07) is 4.01. The van der Waals surface area contributed by atoms with Gasteiger partial charge >= 0.3 is 0 Å². The Morgan fingerprint density at radius 3 is 2.85 bits per heavy atom. The van der Waals surface area contributed by atoms with Crippen LogP contribution in [0.25, 0.3) is 0 Å². The molecule has 0 aliphatic carbocycles. The summed E-state index contributed by atoms with van der Waals surface area (Å²) in [6.07, 6.45) is 0.542. The summed E-state index contributed by atoms with van der Waals surface area (Å²) in [5.74, 6) is 0.177. The van der Waals surface area contributed by atoms with Gasteiger partial charge in [0, 0.05) is 11.5 Å². The van der Waals surface area contributed by atoms with Gasteiger partial charge in [-0.05, 0) is 24.1 Å². The Labute approximate surface area is 85.7 Å².